The number of pyridine rings is 2. The van der Waals surface area contributed by atoms with Gasteiger partial charge in [-0.3, -0.25) is 14.0 Å². The van der Waals surface area contributed by atoms with Crippen LogP contribution >= 0.6 is 11.6 Å². The molecule has 1 saturated heterocycles. The molecule has 0 radical (unpaired) electrons. The largest absolute Gasteiger partial charge is 0.481 e. The number of fused-ring (bicyclic) bond motifs is 1. The minimum absolute atomic E-state index is 0.0496. The van der Waals surface area contributed by atoms with Gasteiger partial charge < -0.3 is 25.4 Å². The lowest BCUT2D eigenvalue weighted by Gasteiger charge is -2.15. The van der Waals surface area contributed by atoms with Crippen LogP contribution in [0.15, 0.2) is 59.7 Å². The molecule has 42 heavy (non-hydrogen) atoms. The van der Waals surface area contributed by atoms with Crippen LogP contribution in [0.1, 0.15) is 30.9 Å². The molecule has 0 saturated carbocycles. The summed E-state index contributed by atoms with van der Waals surface area (Å²) < 4.78 is 12.4. The Labute approximate surface area is 249 Å². The summed E-state index contributed by atoms with van der Waals surface area (Å²) in [6.07, 6.45) is 4.80. The molecular formula is C31H35ClN6O4. The number of nitrogens with one attached hydrogen (secondary N) is 3. The molecule has 1 unspecified atom stereocenters. The molecule has 1 aliphatic heterocycles. The number of aromatic nitrogens is 3. The van der Waals surface area contributed by atoms with Gasteiger partial charge >= 0.3 is 0 Å². The maximum Gasteiger partial charge on any atom is 0.262 e. The van der Waals surface area contributed by atoms with Crippen molar-refractivity contribution in [2.45, 2.75) is 45.0 Å². The predicted octanol–water partition coefficient (Wildman–Crippen LogP) is 3.58. The lowest BCUT2D eigenvalue weighted by atomic mass is 10.0. The summed E-state index contributed by atoms with van der Waals surface area (Å²) in [5.41, 5.74) is 4.97. The highest BCUT2D eigenvalue weighted by Gasteiger charge is 2.20. The van der Waals surface area contributed by atoms with Crippen LogP contribution in [-0.2, 0) is 22.6 Å². The molecule has 4 aromatic rings. The van der Waals surface area contributed by atoms with Crippen LogP contribution in [0.5, 0.6) is 5.88 Å². The van der Waals surface area contributed by atoms with Gasteiger partial charge in [-0.15, -0.1) is 0 Å². The summed E-state index contributed by atoms with van der Waals surface area (Å²) in [5, 5.41) is 10.1. The van der Waals surface area contributed by atoms with Crippen molar-refractivity contribution in [3.63, 3.8) is 0 Å². The fourth-order valence-corrected chi connectivity index (χ4v) is 5.32. The first kappa shape index (κ1) is 29.7. The Hall–Kier alpha value is -3.83. The maximum absolute atomic E-state index is 13.0. The number of ether oxygens (including phenoxy) is 2. The van der Waals surface area contributed by atoms with Crippen LogP contribution in [0.2, 0.25) is 5.02 Å². The van der Waals surface area contributed by atoms with Crippen molar-refractivity contribution in [3.05, 3.63) is 81.4 Å². The van der Waals surface area contributed by atoms with Gasteiger partial charge in [0.25, 0.3) is 5.56 Å². The normalized spacial score (nSPS) is 15.6. The molecule has 0 bridgehead atoms. The molecule has 5 rings (SSSR count). The molecular weight excluding hydrogens is 556 g/mol. The molecule has 220 valence electrons. The Morgan fingerprint density at radius 2 is 1.90 bits per heavy atom. The highest BCUT2D eigenvalue weighted by molar-refractivity contribution is 6.36. The molecule has 3 aromatic heterocycles. The number of nitrogens with zero attached hydrogens (tertiary/aromatic N) is 3. The molecule has 4 heterocycles. The van der Waals surface area contributed by atoms with E-state index in [0.29, 0.717) is 60.4 Å². The van der Waals surface area contributed by atoms with Crippen LogP contribution in [0, 0.1) is 0 Å². The zero-order valence-electron chi connectivity index (χ0n) is 23.9. The third-order valence-corrected chi connectivity index (χ3v) is 7.85. The molecule has 11 heteroatoms. The molecule has 10 nitrogen and oxygen atoms in total. The number of halogens is 1. The van der Waals surface area contributed by atoms with E-state index in [4.69, 9.17) is 26.1 Å². The average molecular weight is 591 g/mol. The van der Waals surface area contributed by atoms with Gasteiger partial charge in [-0.25, -0.2) is 9.97 Å². The van der Waals surface area contributed by atoms with Crippen molar-refractivity contribution in [1.29, 1.82) is 0 Å². The zero-order valence-corrected chi connectivity index (χ0v) is 24.7. The quantitative estimate of drug-likeness (QED) is 0.229. The van der Waals surface area contributed by atoms with Crippen molar-refractivity contribution >= 4 is 23.2 Å². The van der Waals surface area contributed by atoms with Crippen molar-refractivity contribution in [3.8, 4) is 28.3 Å². The number of hydrogen-bond acceptors (Lipinski definition) is 8. The molecule has 1 aromatic carbocycles. The summed E-state index contributed by atoms with van der Waals surface area (Å²) in [6, 6.07) is 13.5. The second-order valence-corrected chi connectivity index (χ2v) is 10.8. The third-order valence-electron chi connectivity index (χ3n) is 7.44. The second kappa shape index (κ2) is 13.4. The first-order valence-electron chi connectivity index (χ1n) is 13.9. The zero-order chi connectivity index (χ0) is 29.6. The Morgan fingerprint density at radius 3 is 2.67 bits per heavy atom. The smallest absolute Gasteiger partial charge is 0.262 e. The average Bonchev–Trinajstić information content (AvgIpc) is 3.43. The second-order valence-electron chi connectivity index (χ2n) is 10.4. The van der Waals surface area contributed by atoms with Crippen LogP contribution in [-0.4, -0.2) is 59.7 Å². The Morgan fingerprint density at radius 1 is 1.10 bits per heavy atom. The predicted molar refractivity (Wildman–Crippen MR) is 163 cm³/mol. The van der Waals surface area contributed by atoms with E-state index in [9.17, 15) is 9.59 Å². The summed E-state index contributed by atoms with van der Waals surface area (Å²) in [6.45, 7) is 4.24. The molecule has 1 aliphatic rings. The minimum Gasteiger partial charge on any atom is -0.481 e. The van der Waals surface area contributed by atoms with Gasteiger partial charge in [0.15, 0.2) is 0 Å². The Bertz CT molecular complexity index is 1640. The van der Waals surface area contributed by atoms with Crippen molar-refractivity contribution < 1.29 is 14.3 Å². The maximum atomic E-state index is 13.0. The Balaban J connectivity index is 1.35. The highest BCUT2D eigenvalue weighted by Crippen LogP contribution is 2.36. The van der Waals surface area contributed by atoms with Gasteiger partial charge in [0.05, 0.1) is 23.9 Å². The summed E-state index contributed by atoms with van der Waals surface area (Å²) >= 11 is 6.95. The first-order chi connectivity index (χ1) is 20.4. The number of hydrogen-bond donors (Lipinski definition) is 3. The topological polar surface area (TPSA) is 119 Å². The van der Waals surface area contributed by atoms with Crippen LogP contribution in [0.3, 0.4) is 0 Å². The number of rotatable bonds is 12. The number of benzene rings is 1. The summed E-state index contributed by atoms with van der Waals surface area (Å²) in [4.78, 5) is 33.8. The molecule has 2 atom stereocenters. The lowest BCUT2D eigenvalue weighted by Crippen LogP contribution is -2.35. The van der Waals surface area contributed by atoms with Crippen LogP contribution < -0.4 is 26.2 Å². The third kappa shape index (κ3) is 6.63. The highest BCUT2D eigenvalue weighted by atomic mass is 35.5. The van der Waals surface area contributed by atoms with Gasteiger partial charge in [-0.2, -0.15) is 0 Å². The van der Waals surface area contributed by atoms with E-state index in [2.05, 4.69) is 20.9 Å². The summed E-state index contributed by atoms with van der Waals surface area (Å²) in [7, 11) is 3.25. The van der Waals surface area contributed by atoms with Crippen LogP contribution in [0.4, 0.5) is 0 Å². The summed E-state index contributed by atoms with van der Waals surface area (Å²) in [5.74, 6) is 0.609. The number of methoxy groups -OCH3 is 2. The van der Waals surface area contributed by atoms with Gasteiger partial charge in [-0.05, 0) is 37.1 Å². The molecule has 1 fully saturated rings. The van der Waals surface area contributed by atoms with E-state index < -0.39 is 0 Å². The number of amides is 1. The van der Waals surface area contributed by atoms with Gasteiger partial charge in [0, 0.05) is 80.4 Å². The number of carbonyl (C=O) groups is 1. The van der Waals surface area contributed by atoms with Crippen molar-refractivity contribution in [1.82, 2.24) is 30.3 Å². The van der Waals surface area contributed by atoms with E-state index in [1.165, 1.54) is 4.40 Å². The molecule has 3 N–H and O–H groups in total. The fourth-order valence-electron chi connectivity index (χ4n) is 4.99. The fraction of sp³-hybridized carbons (Fsp3) is 0.355. The monoisotopic (exact) mass is 590 g/mol. The standard InChI is InChI=1S/C31H35ClN6O4/c1-19(41-2)14-33-16-22-17-35-27-13-20(11-12-38(27)31(22)40)24-5-4-6-25(29(24)32)26-9-7-21(30(37-26)42-3)15-34-18-23-8-10-28(39)36-23/h4-7,9,11-13,17,19,23,33-34H,8,10,14-16,18H2,1-3H3,(H,36,39)/t19?,23-/m0/s1. The van der Waals surface area contributed by atoms with E-state index in [1.807, 2.05) is 49.4 Å². The van der Waals surface area contributed by atoms with E-state index in [1.54, 1.807) is 26.6 Å². The Kier molecular flexibility index (Phi) is 9.48. The van der Waals surface area contributed by atoms with E-state index in [0.717, 1.165) is 28.7 Å². The minimum atomic E-state index is -0.122. The SMILES string of the molecule is COc1nc(-c2cccc(-c3ccn4c(=O)c(CNCC(C)OC)cnc4c3)c2Cl)ccc1CNC[C@@H]1CCC(=O)N1. The molecule has 0 aliphatic carbocycles. The van der Waals surface area contributed by atoms with E-state index in [-0.39, 0.29) is 23.6 Å². The van der Waals surface area contributed by atoms with Gasteiger partial charge in [0.2, 0.25) is 11.8 Å². The molecule has 1 amide bonds. The first-order valence-corrected chi connectivity index (χ1v) is 14.3. The van der Waals surface area contributed by atoms with Crippen LogP contribution in [0.25, 0.3) is 28.0 Å². The lowest BCUT2D eigenvalue weighted by molar-refractivity contribution is -0.119. The van der Waals surface area contributed by atoms with Gasteiger partial charge in [-0.1, -0.05) is 35.9 Å². The van der Waals surface area contributed by atoms with Crippen molar-refractivity contribution in [2.75, 3.05) is 27.3 Å². The number of carbonyl (C=O) groups excluding carboxylic acids is 1. The molecule has 0 spiro atoms. The van der Waals surface area contributed by atoms with E-state index >= 15 is 0 Å². The van der Waals surface area contributed by atoms with Gasteiger partial charge in [0.1, 0.15) is 5.65 Å². The van der Waals surface area contributed by atoms with Crippen molar-refractivity contribution in [2.24, 2.45) is 0 Å².